The highest BCUT2D eigenvalue weighted by molar-refractivity contribution is 5.66. The van der Waals surface area contributed by atoms with Crippen molar-refractivity contribution in [1.82, 2.24) is 5.32 Å². The molecule has 1 aliphatic rings. The lowest BCUT2D eigenvalue weighted by Gasteiger charge is -2.30. The maximum absolute atomic E-state index is 10.4. The van der Waals surface area contributed by atoms with Gasteiger partial charge in [0.05, 0.1) is 0 Å². The molecule has 0 heterocycles. The van der Waals surface area contributed by atoms with Gasteiger partial charge in [0.1, 0.15) is 0 Å². The Morgan fingerprint density at radius 1 is 1.29 bits per heavy atom. The van der Waals surface area contributed by atoms with E-state index in [1.807, 2.05) is 0 Å². The Balaban J connectivity index is 2.11. The maximum atomic E-state index is 10.4. The van der Waals surface area contributed by atoms with Crippen molar-refractivity contribution in [1.29, 1.82) is 0 Å². The molecule has 1 atom stereocenters. The van der Waals surface area contributed by atoms with Gasteiger partial charge in [0.15, 0.2) is 0 Å². The number of hydrogen-bond acceptors (Lipinski definition) is 2. The molecule has 0 radical (unpaired) electrons. The van der Waals surface area contributed by atoms with Crippen LogP contribution in [0.2, 0.25) is 0 Å². The fraction of sp³-hybridized carbons (Fsp3) is 0.929. The zero-order valence-corrected chi connectivity index (χ0v) is 11.1. The lowest BCUT2D eigenvalue weighted by atomic mass is 9.83. The zero-order chi connectivity index (χ0) is 12.5. The Morgan fingerprint density at radius 3 is 2.59 bits per heavy atom. The Hall–Kier alpha value is -0.570. The van der Waals surface area contributed by atoms with E-state index in [-0.39, 0.29) is 0 Å². The minimum atomic E-state index is -0.677. The third-order valence-electron chi connectivity index (χ3n) is 3.88. The summed E-state index contributed by atoms with van der Waals surface area (Å²) in [5.74, 6) is 0.178. The molecule has 0 bridgehead atoms. The molecule has 2 N–H and O–H groups in total. The van der Waals surface area contributed by atoms with Crippen molar-refractivity contribution in [3.05, 3.63) is 0 Å². The first-order valence-corrected chi connectivity index (χ1v) is 7.19. The SMILES string of the molecule is CCC(NCCCCC(=O)O)C1CCCCC1. The van der Waals surface area contributed by atoms with Crippen LogP contribution >= 0.6 is 0 Å². The topological polar surface area (TPSA) is 49.3 Å². The predicted octanol–water partition coefficient (Wildman–Crippen LogP) is 3.19. The minimum absolute atomic E-state index is 0.307. The van der Waals surface area contributed by atoms with E-state index in [0.717, 1.165) is 25.3 Å². The van der Waals surface area contributed by atoms with Crippen molar-refractivity contribution in [3.63, 3.8) is 0 Å². The van der Waals surface area contributed by atoms with E-state index in [1.54, 1.807) is 0 Å². The quantitative estimate of drug-likeness (QED) is 0.642. The molecule has 0 saturated heterocycles. The highest BCUT2D eigenvalue weighted by Crippen LogP contribution is 2.27. The Bertz CT molecular complexity index is 212. The van der Waals surface area contributed by atoms with Crippen LogP contribution in [-0.2, 0) is 4.79 Å². The molecule has 1 aliphatic carbocycles. The van der Waals surface area contributed by atoms with E-state index in [9.17, 15) is 4.79 Å². The molecule has 1 saturated carbocycles. The van der Waals surface area contributed by atoms with Crippen molar-refractivity contribution >= 4 is 5.97 Å². The third kappa shape index (κ3) is 6.06. The van der Waals surface area contributed by atoms with Crippen molar-refractivity contribution in [2.45, 2.75) is 70.8 Å². The molecule has 0 spiro atoms. The van der Waals surface area contributed by atoms with E-state index in [1.165, 1.54) is 38.5 Å². The number of aliphatic carboxylic acids is 1. The van der Waals surface area contributed by atoms with Crippen LogP contribution in [0.4, 0.5) is 0 Å². The summed E-state index contributed by atoms with van der Waals surface area (Å²) in [7, 11) is 0. The standard InChI is InChI=1S/C14H27NO2/c1-2-13(12-8-4-3-5-9-12)15-11-7-6-10-14(16)17/h12-13,15H,2-11H2,1H3,(H,16,17). The number of rotatable bonds is 8. The molecule has 17 heavy (non-hydrogen) atoms. The third-order valence-corrected chi connectivity index (χ3v) is 3.88. The second-order valence-electron chi connectivity index (χ2n) is 5.22. The van der Waals surface area contributed by atoms with Gasteiger partial charge < -0.3 is 10.4 Å². The number of unbranched alkanes of at least 4 members (excludes halogenated alkanes) is 1. The minimum Gasteiger partial charge on any atom is -0.481 e. The van der Waals surface area contributed by atoms with E-state index in [2.05, 4.69) is 12.2 Å². The first kappa shape index (κ1) is 14.5. The van der Waals surface area contributed by atoms with E-state index >= 15 is 0 Å². The Kier molecular flexibility index (Phi) is 7.25. The Labute approximate surface area is 105 Å². The maximum Gasteiger partial charge on any atom is 0.303 e. The first-order chi connectivity index (χ1) is 8.24. The fourth-order valence-electron chi connectivity index (χ4n) is 2.87. The molecule has 1 unspecified atom stereocenters. The van der Waals surface area contributed by atoms with E-state index in [0.29, 0.717) is 12.5 Å². The average molecular weight is 241 g/mol. The summed E-state index contributed by atoms with van der Waals surface area (Å²) in [4.78, 5) is 10.4. The van der Waals surface area contributed by atoms with Gasteiger partial charge in [-0.05, 0) is 44.6 Å². The second kappa shape index (κ2) is 8.51. The van der Waals surface area contributed by atoms with Gasteiger partial charge in [0.2, 0.25) is 0 Å². The van der Waals surface area contributed by atoms with Crippen LogP contribution in [0, 0.1) is 5.92 Å². The number of carbonyl (C=O) groups is 1. The molecule has 0 aliphatic heterocycles. The van der Waals surface area contributed by atoms with Gasteiger partial charge in [-0.2, -0.15) is 0 Å². The lowest BCUT2D eigenvalue weighted by molar-refractivity contribution is -0.137. The van der Waals surface area contributed by atoms with Crippen molar-refractivity contribution < 1.29 is 9.90 Å². The summed E-state index contributed by atoms with van der Waals surface area (Å²) in [6, 6.07) is 0.653. The smallest absolute Gasteiger partial charge is 0.303 e. The van der Waals surface area contributed by atoms with Crippen molar-refractivity contribution in [2.75, 3.05) is 6.54 Å². The largest absolute Gasteiger partial charge is 0.481 e. The molecule has 0 aromatic rings. The molecule has 3 heteroatoms. The number of nitrogens with one attached hydrogen (secondary N) is 1. The zero-order valence-electron chi connectivity index (χ0n) is 11.1. The Morgan fingerprint density at radius 2 is 2.00 bits per heavy atom. The van der Waals surface area contributed by atoms with Crippen molar-refractivity contribution in [2.24, 2.45) is 5.92 Å². The van der Waals surface area contributed by atoms with Gasteiger partial charge in [-0.15, -0.1) is 0 Å². The number of carboxylic acid groups (broad SMARTS) is 1. The summed E-state index contributed by atoms with van der Waals surface area (Å²) >= 11 is 0. The predicted molar refractivity (Wildman–Crippen MR) is 70.1 cm³/mol. The highest BCUT2D eigenvalue weighted by Gasteiger charge is 2.21. The molecular formula is C14H27NO2. The summed E-state index contributed by atoms with van der Waals surface area (Å²) in [5, 5.41) is 12.2. The van der Waals surface area contributed by atoms with E-state index in [4.69, 9.17) is 5.11 Å². The molecular weight excluding hydrogens is 214 g/mol. The molecule has 1 fully saturated rings. The van der Waals surface area contributed by atoms with Gasteiger partial charge in [0, 0.05) is 12.5 Å². The average Bonchev–Trinajstić information content (AvgIpc) is 2.34. The van der Waals surface area contributed by atoms with Crippen LogP contribution < -0.4 is 5.32 Å². The van der Waals surface area contributed by atoms with Gasteiger partial charge >= 0.3 is 5.97 Å². The first-order valence-electron chi connectivity index (χ1n) is 7.19. The number of carboxylic acids is 1. The molecule has 0 amide bonds. The molecule has 0 aromatic heterocycles. The molecule has 0 aromatic carbocycles. The van der Waals surface area contributed by atoms with Crippen LogP contribution in [0.3, 0.4) is 0 Å². The normalized spacial score (nSPS) is 19.1. The summed E-state index contributed by atoms with van der Waals surface area (Å²) in [5.41, 5.74) is 0. The fourth-order valence-corrected chi connectivity index (χ4v) is 2.87. The van der Waals surface area contributed by atoms with Crippen LogP contribution in [0.25, 0.3) is 0 Å². The molecule has 3 nitrogen and oxygen atoms in total. The summed E-state index contributed by atoms with van der Waals surface area (Å²) < 4.78 is 0. The summed E-state index contributed by atoms with van der Waals surface area (Å²) in [6.45, 7) is 3.23. The molecule has 100 valence electrons. The highest BCUT2D eigenvalue weighted by atomic mass is 16.4. The van der Waals surface area contributed by atoms with Gasteiger partial charge in [-0.3, -0.25) is 4.79 Å². The van der Waals surface area contributed by atoms with Crippen molar-refractivity contribution in [3.8, 4) is 0 Å². The lowest BCUT2D eigenvalue weighted by Crippen LogP contribution is -2.37. The second-order valence-corrected chi connectivity index (χ2v) is 5.22. The van der Waals surface area contributed by atoms with Gasteiger partial charge in [0.25, 0.3) is 0 Å². The van der Waals surface area contributed by atoms with Gasteiger partial charge in [-0.25, -0.2) is 0 Å². The van der Waals surface area contributed by atoms with E-state index < -0.39 is 5.97 Å². The monoisotopic (exact) mass is 241 g/mol. The van der Waals surface area contributed by atoms with Gasteiger partial charge in [-0.1, -0.05) is 26.2 Å². The van der Waals surface area contributed by atoms with Crippen LogP contribution in [0.5, 0.6) is 0 Å². The summed E-state index contributed by atoms with van der Waals surface area (Å²) in [6.07, 6.45) is 10.2. The van der Waals surface area contributed by atoms with Crippen LogP contribution in [0.15, 0.2) is 0 Å². The number of hydrogen-bond donors (Lipinski definition) is 2. The van der Waals surface area contributed by atoms with Crippen LogP contribution in [-0.4, -0.2) is 23.7 Å². The molecule has 1 rings (SSSR count). The van der Waals surface area contributed by atoms with Crippen LogP contribution in [0.1, 0.15) is 64.7 Å².